The van der Waals surface area contributed by atoms with Gasteiger partial charge in [-0.1, -0.05) is 6.92 Å². The van der Waals surface area contributed by atoms with Gasteiger partial charge in [0.15, 0.2) is 21.4 Å². The van der Waals surface area contributed by atoms with E-state index in [0.717, 1.165) is 43.2 Å². The lowest BCUT2D eigenvalue weighted by atomic mass is 9.98. The number of ether oxygens (including phenoxy) is 1. The van der Waals surface area contributed by atoms with Crippen LogP contribution in [0, 0.1) is 17.6 Å². The van der Waals surface area contributed by atoms with Gasteiger partial charge < -0.3 is 9.64 Å². The summed E-state index contributed by atoms with van der Waals surface area (Å²) in [7, 11) is -4.93. The summed E-state index contributed by atoms with van der Waals surface area (Å²) in [5.41, 5.74) is 1.18. The van der Waals surface area contributed by atoms with Crippen LogP contribution in [-0.2, 0) is 32.8 Å². The number of halogens is 2. The van der Waals surface area contributed by atoms with Crippen molar-refractivity contribution in [3.63, 3.8) is 0 Å². The lowest BCUT2D eigenvalue weighted by Crippen LogP contribution is -2.37. The van der Waals surface area contributed by atoms with Gasteiger partial charge in [0.05, 0.1) is 22.2 Å². The predicted octanol–water partition coefficient (Wildman–Crippen LogP) is 3.16. The van der Waals surface area contributed by atoms with Gasteiger partial charge in [-0.25, -0.2) is 36.4 Å². The fourth-order valence-corrected chi connectivity index (χ4v) is 6.01. The number of benzene rings is 1. The molecule has 0 spiro atoms. The molecular formula is C23H26F2N4O4S2. The molecule has 0 amide bonds. The van der Waals surface area contributed by atoms with Crippen LogP contribution in [0.15, 0.2) is 40.6 Å². The minimum absolute atomic E-state index is 0.0280. The lowest BCUT2D eigenvalue weighted by Gasteiger charge is -2.31. The average molecular weight is 525 g/mol. The van der Waals surface area contributed by atoms with E-state index in [1.165, 1.54) is 5.41 Å². The molecule has 1 aromatic carbocycles. The third kappa shape index (κ3) is 6.29. The molecule has 188 valence electrons. The molecule has 0 bridgehead atoms. The van der Waals surface area contributed by atoms with Gasteiger partial charge in [-0.2, -0.15) is 0 Å². The zero-order valence-corrected chi connectivity index (χ0v) is 21.0. The van der Waals surface area contributed by atoms with Crippen molar-refractivity contribution in [2.24, 2.45) is 10.9 Å². The van der Waals surface area contributed by atoms with Crippen LogP contribution in [0.3, 0.4) is 0 Å². The fourth-order valence-electron chi connectivity index (χ4n) is 3.96. The first-order valence-electron chi connectivity index (χ1n) is 11.2. The first-order chi connectivity index (χ1) is 16.6. The summed E-state index contributed by atoms with van der Waals surface area (Å²) in [5.74, 6) is -2.02. The molecule has 2 aliphatic rings. The van der Waals surface area contributed by atoms with Gasteiger partial charge in [0, 0.05) is 54.7 Å². The second kappa shape index (κ2) is 10.5. The number of anilines is 1. The monoisotopic (exact) mass is 524 g/mol. The van der Waals surface area contributed by atoms with E-state index in [1.54, 1.807) is 0 Å². The van der Waals surface area contributed by atoms with Crippen LogP contribution in [0.1, 0.15) is 30.9 Å². The first kappa shape index (κ1) is 25.4. The Hall–Kier alpha value is -2.73. The number of piperidine rings is 1. The minimum atomic E-state index is -3.52. The van der Waals surface area contributed by atoms with Crippen molar-refractivity contribution in [1.29, 1.82) is 0 Å². The topological polar surface area (TPSA) is 102 Å². The smallest absolute Gasteiger partial charge is 0.225 e. The number of hydrogen-bond acceptors (Lipinski definition) is 8. The van der Waals surface area contributed by atoms with Crippen LogP contribution in [0.5, 0.6) is 5.75 Å². The SMILES string of the molecule is CCc1cnc(N2CCC(C3=NC(COc4cc(F)c(CS(C)(=O)=O)cc4F)=CS3=O)CC2)nc1. The van der Waals surface area contributed by atoms with E-state index in [1.807, 2.05) is 19.3 Å². The summed E-state index contributed by atoms with van der Waals surface area (Å²) in [4.78, 5) is 15.4. The number of aromatic nitrogens is 2. The van der Waals surface area contributed by atoms with Gasteiger partial charge in [-0.3, -0.25) is 0 Å². The zero-order valence-electron chi connectivity index (χ0n) is 19.4. The molecule has 12 heteroatoms. The Kier molecular flexibility index (Phi) is 7.60. The molecule has 35 heavy (non-hydrogen) atoms. The second-order valence-corrected chi connectivity index (χ2v) is 12.0. The molecule has 0 N–H and O–H groups in total. The molecule has 0 saturated carbocycles. The molecule has 2 aliphatic heterocycles. The maximum Gasteiger partial charge on any atom is 0.225 e. The molecule has 1 saturated heterocycles. The summed E-state index contributed by atoms with van der Waals surface area (Å²) < 4.78 is 69.3. The van der Waals surface area contributed by atoms with Crippen molar-refractivity contribution in [3.8, 4) is 5.75 Å². The van der Waals surface area contributed by atoms with Crippen molar-refractivity contribution in [3.05, 3.63) is 58.4 Å². The predicted molar refractivity (Wildman–Crippen MR) is 130 cm³/mol. The summed E-state index contributed by atoms with van der Waals surface area (Å²) in [6.45, 7) is 3.28. The highest BCUT2D eigenvalue weighted by molar-refractivity contribution is 8.03. The second-order valence-electron chi connectivity index (χ2n) is 8.60. The standard InChI is InChI=1S/C23H26F2N4O4S2/c1-3-15-10-26-23(27-11-15)29-6-4-16(5-7-29)22-28-18(13-34(22)30)12-33-21-9-19(24)17(8-20(21)25)14-35(2,31)32/h8-11,13,16H,3-7,12,14H2,1-2H3. The van der Waals surface area contributed by atoms with E-state index in [9.17, 15) is 21.4 Å². The minimum Gasteiger partial charge on any atom is -0.484 e. The highest BCUT2D eigenvalue weighted by Gasteiger charge is 2.30. The highest BCUT2D eigenvalue weighted by atomic mass is 32.2. The molecule has 3 heterocycles. The van der Waals surface area contributed by atoms with E-state index >= 15 is 0 Å². The Bertz CT molecular complexity index is 1290. The van der Waals surface area contributed by atoms with E-state index in [4.69, 9.17) is 4.74 Å². The quantitative estimate of drug-likeness (QED) is 0.523. The van der Waals surface area contributed by atoms with Crippen molar-refractivity contribution in [1.82, 2.24) is 9.97 Å². The Morgan fingerprint density at radius 3 is 2.46 bits per heavy atom. The molecule has 1 fully saturated rings. The molecule has 8 nitrogen and oxygen atoms in total. The van der Waals surface area contributed by atoms with E-state index in [-0.39, 0.29) is 23.8 Å². The fraction of sp³-hybridized carbons (Fsp3) is 0.435. The Morgan fingerprint density at radius 1 is 1.14 bits per heavy atom. The van der Waals surface area contributed by atoms with E-state index in [2.05, 4.69) is 19.9 Å². The molecule has 1 atom stereocenters. The van der Waals surface area contributed by atoms with Gasteiger partial charge in [0.2, 0.25) is 5.95 Å². The molecule has 1 aromatic heterocycles. The summed E-state index contributed by atoms with van der Waals surface area (Å²) in [6.07, 6.45) is 6.96. The maximum absolute atomic E-state index is 14.3. The number of nitrogens with zero attached hydrogens (tertiary/aromatic N) is 4. The van der Waals surface area contributed by atoms with Gasteiger partial charge in [-0.05, 0) is 30.9 Å². The van der Waals surface area contributed by atoms with Crippen LogP contribution >= 0.6 is 0 Å². The summed E-state index contributed by atoms with van der Waals surface area (Å²) >= 11 is 0. The van der Waals surface area contributed by atoms with Crippen molar-refractivity contribution < 1.29 is 26.1 Å². The largest absolute Gasteiger partial charge is 0.484 e. The van der Waals surface area contributed by atoms with Gasteiger partial charge in [-0.15, -0.1) is 0 Å². The average Bonchev–Trinajstić information content (AvgIpc) is 3.20. The van der Waals surface area contributed by atoms with Crippen molar-refractivity contribution in [2.75, 3.05) is 30.9 Å². The zero-order chi connectivity index (χ0) is 25.2. The lowest BCUT2D eigenvalue weighted by molar-refractivity contribution is 0.328. The third-order valence-corrected chi connectivity index (χ3v) is 7.98. The van der Waals surface area contributed by atoms with Crippen LogP contribution in [0.25, 0.3) is 0 Å². The Labute approximate surface area is 205 Å². The number of hydrogen-bond donors (Lipinski definition) is 0. The normalized spacial score (nSPS) is 19.0. The van der Waals surface area contributed by atoms with E-state index < -0.39 is 38.0 Å². The van der Waals surface area contributed by atoms with Crippen LogP contribution in [0.4, 0.5) is 14.7 Å². The summed E-state index contributed by atoms with van der Waals surface area (Å²) in [5, 5.41) is 2.02. The van der Waals surface area contributed by atoms with Crippen LogP contribution in [0.2, 0.25) is 0 Å². The molecule has 4 rings (SSSR count). The Morgan fingerprint density at radius 2 is 1.83 bits per heavy atom. The molecule has 0 aliphatic carbocycles. The van der Waals surface area contributed by atoms with Crippen LogP contribution in [-0.4, -0.2) is 53.6 Å². The summed E-state index contributed by atoms with van der Waals surface area (Å²) in [6, 6.07) is 1.63. The molecule has 0 radical (unpaired) electrons. The molecule has 1 unspecified atom stereocenters. The van der Waals surface area contributed by atoms with Gasteiger partial charge in [0.1, 0.15) is 17.5 Å². The number of rotatable bonds is 8. The third-order valence-electron chi connectivity index (χ3n) is 5.82. The van der Waals surface area contributed by atoms with E-state index in [0.29, 0.717) is 29.8 Å². The molecular weight excluding hydrogens is 498 g/mol. The van der Waals surface area contributed by atoms with Crippen molar-refractivity contribution in [2.45, 2.75) is 31.9 Å². The number of aliphatic imine (C=N–C) groups is 1. The van der Waals surface area contributed by atoms with Crippen LogP contribution < -0.4 is 9.64 Å². The number of aryl methyl sites for hydroxylation is 1. The van der Waals surface area contributed by atoms with Crippen molar-refractivity contribution >= 4 is 31.6 Å². The number of sulfone groups is 1. The van der Waals surface area contributed by atoms with Gasteiger partial charge in [0.25, 0.3) is 0 Å². The Balaban J connectivity index is 1.35. The highest BCUT2D eigenvalue weighted by Crippen LogP contribution is 2.28. The first-order valence-corrected chi connectivity index (χ1v) is 14.4. The molecule has 2 aromatic rings. The maximum atomic E-state index is 14.3. The van der Waals surface area contributed by atoms with Gasteiger partial charge >= 0.3 is 0 Å².